The Morgan fingerprint density at radius 2 is 2.11 bits per heavy atom. The molecular weight excluding hydrogens is 249 g/mol. The summed E-state index contributed by atoms with van der Waals surface area (Å²) in [5.41, 5.74) is -0.169. The Hall–Kier alpha value is -1.64. The number of carbonyl (C=O) groups excluding carboxylic acids is 1. The second kappa shape index (κ2) is 6.00. The topological polar surface area (TPSA) is 58.0 Å². The van der Waals surface area contributed by atoms with Crippen molar-refractivity contribution in [2.45, 2.75) is 13.0 Å². The third-order valence-corrected chi connectivity index (χ3v) is 2.62. The van der Waals surface area contributed by atoms with Crippen LogP contribution in [0.2, 0.25) is 0 Å². The van der Waals surface area contributed by atoms with E-state index in [0.717, 1.165) is 12.1 Å². The molecule has 0 aliphatic rings. The molecule has 0 fully saturated rings. The molecule has 0 aliphatic heterocycles. The SMILES string of the molecule is Cc1nccn1C(C(=O)[O-])c1ccc(F)cc1F.[Li+]. The molecule has 2 aromatic rings. The molecule has 1 aromatic heterocycles. The van der Waals surface area contributed by atoms with Crippen LogP contribution in [0.4, 0.5) is 8.78 Å². The maximum Gasteiger partial charge on any atom is 1.00 e. The van der Waals surface area contributed by atoms with E-state index in [-0.39, 0.29) is 24.4 Å². The summed E-state index contributed by atoms with van der Waals surface area (Å²) >= 11 is 0. The van der Waals surface area contributed by atoms with Crippen LogP contribution in [-0.4, -0.2) is 15.5 Å². The molecule has 0 spiro atoms. The Bertz CT molecular complexity index is 601. The first-order valence-electron chi connectivity index (χ1n) is 5.16. The predicted molar refractivity (Wildman–Crippen MR) is 56.5 cm³/mol. The van der Waals surface area contributed by atoms with Gasteiger partial charge in [0.25, 0.3) is 0 Å². The van der Waals surface area contributed by atoms with Gasteiger partial charge in [-0.05, 0) is 13.0 Å². The molecule has 0 aliphatic carbocycles. The fourth-order valence-electron chi connectivity index (χ4n) is 1.77. The number of hydrogen-bond acceptors (Lipinski definition) is 3. The van der Waals surface area contributed by atoms with Crippen molar-refractivity contribution in [1.82, 2.24) is 9.55 Å². The zero-order valence-electron chi connectivity index (χ0n) is 10.4. The van der Waals surface area contributed by atoms with Crippen molar-refractivity contribution in [2.75, 3.05) is 0 Å². The fraction of sp³-hybridized carbons (Fsp3) is 0.167. The third-order valence-electron chi connectivity index (χ3n) is 2.62. The second-order valence-corrected chi connectivity index (χ2v) is 3.77. The molecule has 1 unspecified atom stereocenters. The number of imidazole rings is 1. The van der Waals surface area contributed by atoms with Crippen molar-refractivity contribution >= 4 is 5.97 Å². The molecular formula is C12H9F2LiN2O2. The minimum Gasteiger partial charge on any atom is -0.547 e. The standard InChI is InChI=1S/C12H10F2N2O2.Li/c1-7-15-4-5-16(7)11(12(17)18)9-3-2-8(13)6-10(9)14;/h2-6,11H,1H3,(H,17,18);/q;+1/p-1. The quantitative estimate of drug-likeness (QED) is 0.588. The van der Waals surface area contributed by atoms with Gasteiger partial charge in [0.1, 0.15) is 23.5 Å². The van der Waals surface area contributed by atoms with Gasteiger partial charge >= 0.3 is 18.9 Å². The van der Waals surface area contributed by atoms with Crippen LogP contribution < -0.4 is 24.0 Å². The molecule has 0 radical (unpaired) electrons. The monoisotopic (exact) mass is 258 g/mol. The summed E-state index contributed by atoms with van der Waals surface area (Å²) in [5, 5.41) is 11.2. The zero-order valence-corrected chi connectivity index (χ0v) is 10.4. The van der Waals surface area contributed by atoms with Crippen LogP contribution in [0, 0.1) is 18.6 Å². The van der Waals surface area contributed by atoms with Crippen molar-refractivity contribution in [2.24, 2.45) is 0 Å². The van der Waals surface area contributed by atoms with E-state index in [0.29, 0.717) is 11.9 Å². The first-order chi connectivity index (χ1) is 8.50. The summed E-state index contributed by atoms with van der Waals surface area (Å²) < 4.78 is 27.7. The Kier molecular flexibility index (Phi) is 4.87. The van der Waals surface area contributed by atoms with Crippen LogP contribution in [0.1, 0.15) is 17.4 Å². The van der Waals surface area contributed by atoms with Gasteiger partial charge in [0.15, 0.2) is 0 Å². The average molecular weight is 258 g/mol. The molecule has 94 valence electrons. The summed E-state index contributed by atoms with van der Waals surface area (Å²) in [7, 11) is 0. The third kappa shape index (κ3) is 3.03. The summed E-state index contributed by atoms with van der Waals surface area (Å²) in [6.45, 7) is 1.58. The minimum atomic E-state index is -1.48. The number of carbonyl (C=O) groups is 1. The summed E-state index contributed by atoms with van der Waals surface area (Å²) in [6.07, 6.45) is 2.80. The molecule has 0 saturated carbocycles. The number of rotatable bonds is 3. The summed E-state index contributed by atoms with van der Waals surface area (Å²) in [5.74, 6) is -2.79. The first-order valence-corrected chi connectivity index (χ1v) is 5.16. The molecule has 7 heteroatoms. The molecule has 19 heavy (non-hydrogen) atoms. The van der Waals surface area contributed by atoms with Gasteiger partial charge in [0.2, 0.25) is 0 Å². The van der Waals surface area contributed by atoms with E-state index in [4.69, 9.17) is 0 Å². The Balaban J connectivity index is 0.00000180. The molecule has 1 aromatic carbocycles. The van der Waals surface area contributed by atoms with Gasteiger partial charge in [0.05, 0.1) is 5.97 Å². The van der Waals surface area contributed by atoms with Gasteiger partial charge in [-0.2, -0.15) is 0 Å². The van der Waals surface area contributed by atoms with Gasteiger partial charge in [-0.3, -0.25) is 0 Å². The number of carboxylic acid groups (broad SMARTS) is 1. The van der Waals surface area contributed by atoms with Gasteiger partial charge in [-0.15, -0.1) is 0 Å². The second-order valence-electron chi connectivity index (χ2n) is 3.77. The summed E-state index contributed by atoms with van der Waals surface area (Å²) in [4.78, 5) is 15.0. The van der Waals surface area contributed by atoms with Crippen molar-refractivity contribution in [3.8, 4) is 0 Å². The Morgan fingerprint density at radius 1 is 1.42 bits per heavy atom. The largest absolute Gasteiger partial charge is 1.00 e. The van der Waals surface area contributed by atoms with Crippen LogP contribution in [0.3, 0.4) is 0 Å². The smallest absolute Gasteiger partial charge is 0.547 e. The van der Waals surface area contributed by atoms with Crippen LogP contribution in [0.25, 0.3) is 0 Å². The number of hydrogen-bond donors (Lipinski definition) is 0. The number of halogens is 2. The van der Waals surface area contributed by atoms with Gasteiger partial charge in [-0.25, -0.2) is 13.8 Å². The number of benzene rings is 1. The van der Waals surface area contributed by atoms with Crippen LogP contribution >= 0.6 is 0 Å². The Labute approximate surface area is 120 Å². The molecule has 0 N–H and O–H groups in total. The Morgan fingerprint density at radius 3 is 2.58 bits per heavy atom. The van der Waals surface area contributed by atoms with Gasteiger partial charge in [-0.1, -0.05) is 6.07 Å². The average Bonchev–Trinajstić information content (AvgIpc) is 2.68. The van der Waals surface area contributed by atoms with E-state index in [1.54, 1.807) is 6.92 Å². The first kappa shape index (κ1) is 15.4. The predicted octanol–water partition coefficient (Wildman–Crippen LogP) is -2.19. The molecule has 0 bridgehead atoms. The fourth-order valence-corrected chi connectivity index (χ4v) is 1.77. The summed E-state index contributed by atoms with van der Waals surface area (Å²) in [6, 6.07) is 1.36. The number of aliphatic carboxylic acids is 1. The van der Waals surface area contributed by atoms with Crippen molar-refractivity contribution < 1.29 is 37.5 Å². The van der Waals surface area contributed by atoms with Crippen molar-refractivity contribution in [3.05, 3.63) is 53.6 Å². The van der Waals surface area contributed by atoms with Gasteiger partial charge in [0, 0.05) is 24.0 Å². The number of aromatic nitrogens is 2. The van der Waals surface area contributed by atoms with E-state index in [1.807, 2.05) is 0 Å². The van der Waals surface area contributed by atoms with E-state index in [9.17, 15) is 18.7 Å². The van der Waals surface area contributed by atoms with Crippen LogP contribution in [0.15, 0.2) is 30.6 Å². The maximum absolute atomic E-state index is 13.6. The van der Waals surface area contributed by atoms with Crippen LogP contribution in [0.5, 0.6) is 0 Å². The zero-order chi connectivity index (χ0) is 13.3. The van der Waals surface area contributed by atoms with E-state index in [2.05, 4.69) is 4.98 Å². The molecule has 0 amide bonds. The maximum atomic E-state index is 13.6. The molecule has 1 atom stereocenters. The van der Waals surface area contributed by atoms with Crippen molar-refractivity contribution in [1.29, 1.82) is 0 Å². The molecule has 4 nitrogen and oxygen atoms in total. The number of aryl methyl sites for hydroxylation is 1. The minimum absolute atomic E-state index is 0. The van der Waals surface area contributed by atoms with Crippen molar-refractivity contribution in [3.63, 3.8) is 0 Å². The molecule has 2 rings (SSSR count). The van der Waals surface area contributed by atoms with E-state index >= 15 is 0 Å². The molecule has 0 saturated heterocycles. The van der Waals surface area contributed by atoms with Crippen LogP contribution in [-0.2, 0) is 4.79 Å². The van der Waals surface area contributed by atoms with E-state index < -0.39 is 23.6 Å². The normalized spacial score (nSPS) is 11.7. The molecule has 1 heterocycles. The van der Waals surface area contributed by atoms with Gasteiger partial charge < -0.3 is 14.5 Å². The number of carboxylic acids is 1. The van der Waals surface area contributed by atoms with E-state index in [1.165, 1.54) is 17.0 Å². The number of nitrogens with zero attached hydrogens (tertiary/aromatic N) is 2.